The maximum Gasteiger partial charge on any atom is 0.123 e. The van der Waals surface area contributed by atoms with Crippen molar-refractivity contribution in [1.29, 1.82) is 0 Å². The summed E-state index contributed by atoms with van der Waals surface area (Å²) >= 11 is 0. The van der Waals surface area contributed by atoms with Crippen molar-refractivity contribution < 1.29 is 9.47 Å². The fourth-order valence-corrected chi connectivity index (χ4v) is 2.37. The molecule has 1 heterocycles. The van der Waals surface area contributed by atoms with E-state index >= 15 is 0 Å². The zero-order chi connectivity index (χ0) is 15.4. The smallest absolute Gasteiger partial charge is 0.123 e. The van der Waals surface area contributed by atoms with Crippen LogP contribution in [0.3, 0.4) is 0 Å². The van der Waals surface area contributed by atoms with Gasteiger partial charge in [0.05, 0.1) is 19.7 Å². The van der Waals surface area contributed by atoms with Gasteiger partial charge in [-0.3, -0.25) is 4.98 Å². The molecule has 2 aromatic carbocycles. The van der Waals surface area contributed by atoms with Crippen LogP contribution in [0.25, 0.3) is 23.1 Å². The summed E-state index contributed by atoms with van der Waals surface area (Å²) in [4.78, 5) is 4.38. The molecule has 3 aromatic rings. The fraction of sp³-hybridized carbons (Fsp3) is 0.105. The topological polar surface area (TPSA) is 31.4 Å². The Labute approximate surface area is 129 Å². The molecule has 0 saturated heterocycles. The van der Waals surface area contributed by atoms with Gasteiger partial charge in [-0.15, -0.1) is 0 Å². The summed E-state index contributed by atoms with van der Waals surface area (Å²) in [5.41, 5.74) is 3.15. The predicted molar refractivity (Wildman–Crippen MR) is 90.2 cm³/mol. The van der Waals surface area contributed by atoms with Crippen molar-refractivity contribution in [2.45, 2.75) is 0 Å². The molecule has 22 heavy (non-hydrogen) atoms. The van der Waals surface area contributed by atoms with E-state index in [1.807, 2.05) is 54.7 Å². The van der Waals surface area contributed by atoms with Gasteiger partial charge in [-0.2, -0.15) is 0 Å². The van der Waals surface area contributed by atoms with Crippen LogP contribution in [0.4, 0.5) is 0 Å². The molecule has 0 saturated carbocycles. The van der Waals surface area contributed by atoms with Gasteiger partial charge in [0.15, 0.2) is 0 Å². The van der Waals surface area contributed by atoms with Crippen LogP contribution in [0.5, 0.6) is 11.5 Å². The van der Waals surface area contributed by atoms with E-state index in [-0.39, 0.29) is 0 Å². The second kappa shape index (κ2) is 6.31. The van der Waals surface area contributed by atoms with E-state index in [1.54, 1.807) is 14.2 Å². The molecule has 0 aliphatic heterocycles. The highest BCUT2D eigenvalue weighted by Gasteiger charge is 2.01. The lowest BCUT2D eigenvalue weighted by Gasteiger charge is -2.06. The molecule has 0 aliphatic rings. The number of hydrogen-bond donors (Lipinski definition) is 0. The van der Waals surface area contributed by atoms with E-state index in [9.17, 15) is 0 Å². The minimum Gasteiger partial charge on any atom is -0.497 e. The molecule has 0 amide bonds. The second-order valence-corrected chi connectivity index (χ2v) is 4.90. The quantitative estimate of drug-likeness (QED) is 0.713. The predicted octanol–water partition coefficient (Wildman–Crippen LogP) is 4.42. The van der Waals surface area contributed by atoms with Crippen LogP contribution in [0.1, 0.15) is 11.1 Å². The summed E-state index contributed by atoms with van der Waals surface area (Å²) in [5, 5.41) is 1.14. The lowest BCUT2D eigenvalue weighted by molar-refractivity contribution is 0.394. The van der Waals surface area contributed by atoms with Crippen molar-refractivity contribution >= 4 is 23.1 Å². The number of aromatic nitrogens is 1. The van der Waals surface area contributed by atoms with E-state index in [2.05, 4.69) is 17.1 Å². The minimum absolute atomic E-state index is 0.776. The number of nitrogens with zero attached hydrogens (tertiary/aromatic N) is 1. The number of rotatable bonds is 4. The molecule has 0 spiro atoms. The molecule has 0 bridgehead atoms. The van der Waals surface area contributed by atoms with Crippen molar-refractivity contribution in [2.24, 2.45) is 0 Å². The SMILES string of the molecule is COc1cc(C=Cc2ccnc3ccccc23)cc(OC)c1. The molecule has 110 valence electrons. The molecule has 0 aliphatic carbocycles. The van der Waals surface area contributed by atoms with Crippen LogP contribution >= 0.6 is 0 Å². The third kappa shape index (κ3) is 2.93. The summed E-state index contributed by atoms with van der Waals surface area (Å²) in [5.74, 6) is 1.55. The van der Waals surface area contributed by atoms with Gasteiger partial charge in [-0.05, 0) is 35.4 Å². The van der Waals surface area contributed by atoms with Crippen molar-refractivity contribution in [3.63, 3.8) is 0 Å². The van der Waals surface area contributed by atoms with Crippen LogP contribution in [-0.2, 0) is 0 Å². The maximum atomic E-state index is 5.30. The summed E-state index contributed by atoms with van der Waals surface area (Å²) in [6.07, 6.45) is 5.96. The Morgan fingerprint density at radius 2 is 1.59 bits per heavy atom. The van der Waals surface area contributed by atoms with E-state index in [0.29, 0.717) is 0 Å². The highest BCUT2D eigenvalue weighted by Crippen LogP contribution is 2.25. The normalized spacial score (nSPS) is 11.0. The summed E-state index contributed by atoms with van der Waals surface area (Å²) < 4.78 is 10.6. The van der Waals surface area contributed by atoms with Gasteiger partial charge in [-0.25, -0.2) is 0 Å². The summed E-state index contributed by atoms with van der Waals surface area (Å²) in [6, 6.07) is 15.9. The summed E-state index contributed by atoms with van der Waals surface area (Å²) in [6.45, 7) is 0. The van der Waals surface area contributed by atoms with Gasteiger partial charge in [0.1, 0.15) is 11.5 Å². The van der Waals surface area contributed by atoms with E-state index in [0.717, 1.165) is 33.5 Å². The van der Waals surface area contributed by atoms with Gasteiger partial charge in [0.2, 0.25) is 0 Å². The second-order valence-electron chi connectivity index (χ2n) is 4.90. The van der Waals surface area contributed by atoms with Crippen molar-refractivity contribution in [2.75, 3.05) is 14.2 Å². The van der Waals surface area contributed by atoms with Crippen molar-refractivity contribution in [1.82, 2.24) is 4.98 Å². The lowest BCUT2D eigenvalue weighted by atomic mass is 10.1. The average Bonchev–Trinajstić information content (AvgIpc) is 2.59. The first-order chi connectivity index (χ1) is 10.8. The maximum absolute atomic E-state index is 5.30. The average molecular weight is 291 g/mol. The first-order valence-electron chi connectivity index (χ1n) is 7.05. The molecule has 0 unspecified atom stereocenters. The third-order valence-corrected chi connectivity index (χ3v) is 3.51. The highest BCUT2D eigenvalue weighted by atomic mass is 16.5. The zero-order valence-corrected chi connectivity index (χ0v) is 12.6. The van der Waals surface area contributed by atoms with Gasteiger partial charge in [0.25, 0.3) is 0 Å². The molecule has 0 radical (unpaired) electrons. The third-order valence-electron chi connectivity index (χ3n) is 3.51. The van der Waals surface area contributed by atoms with E-state index < -0.39 is 0 Å². The highest BCUT2D eigenvalue weighted by molar-refractivity contribution is 5.90. The number of methoxy groups -OCH3 is 2. The standard InChI is InChI=1S/C19H17NO2/c1-21-16-11-14(12-17(13-16)22-2)7-8-15-9-10-20-19-6-4-3-5-18(15)19/h3-13H,1-2H3. The van der Waals surface area contributed by atoms with Gasteiger partial charge in [-0.1, -0.05) is 30.4 Å². The Hall–Kier alpha value is -2.81. The number of ether oxygens (including phenoxy) is 2. The monoisotopic (exact) mass is 291 g/mol. The minimum atomic E-state index is 0.776. The Morgan fingerprint density at radius 1 is 0.864 bits per heavy atom. The molecule has 3 nitrogen and oxygen atoms in total. The molecular weight excluding hydrogens is 274 g/mol. The van der Waals surface area contributed by atoms with Crippen LogP contribution in [0.2, 0.25) is 0 Å². The number of para-hydroxylation sites is 1. The Kier molecular flexibility index (Phi) is 4.05. The molecular formula is C19H17NO2. The van der Waals surface area contributed by atoms with Gasteiger partial charge < -0.3 is 9.47 Å². The van der Waals surface area contributed by atoms with Crippen LogP contribution < -0.4 is 9.47 Å². The van der Waals surface area contributed by atoms with Crippen LogP contribution in [-0.4, -0.2) is 19.2 Å². The first kappa shape index (κ1) is 14.1. The van der Waals surface area contributed by atoms with Crippen LogP contribution in [0.15, 0.2) is 54.7 Å². The van der Waals surface area contributed by atoms with Crippen molar-refractivity contribution in [3.05, 3.63) is 65.9 Å². The van der Waals surface area contributed by atoms with Crippen LogP contribution in [0, 0.1) is 0 Å². The molecule has 3 heteroatoms. The Balaban J connectivity index is 1.99. The van der Waals surface area contributed by atoms with E-state index in [4.69, 9.17) is 9.47 Å². The largest absolute Gasteiger partial charge is 0.497 e. The molecule has 0 atom stereocenters. The molecule has 1 aromatic heterocycles. The van der Waals surface area contributed by atoms with Crippen molar-refractivity contribution in [3.8, 4) is 11.5 Å². The Bertz CT molecular complexity index is 797. The Morgan fingerprint density at radius 3 is 2.32 bits per heavy atom. The summed E-state index contributed by atoms with van der Waals surface area (Å²) in [7, 11) is 3.30. The molecule has 0 N–H and O–H groups in total. The number of fused-ring (bicyclic) bond motifs is 1. The lowest BCUT2D eigenvalue weighted by Crippen LogP contribution is -1.88. The molecule has 3 rings (SSSR count). The number of benzene rings is 2. The van der Waals surface area contributed by atoms with E-state index in [1.165, 1.54) is 0 Å². The fourth-order valence-electron chi connectivity index (χ4n) is 2.37. The zero-order valence-electron chi connectivity index (χ0n) is 12.6. The number of hydrogen-bond acceptors (Lipinski definition) is 3. The van der Waals surface area contributed by atoms with Gasteiger partial charge in [0, 0.05) is 17.6 Å². The van der Waals surface area contributed by atoms with Gasteiger partial charge >= 0.3 is 0 Å². The number of pyridine rings is 1. The molecule has 0 fully saturated rings. The first-order valence-corrected chi connectivity index (χ1v) is 7.05.